The van der Waals surface area contributed by atoms with Crippen LogP contribution in [0.2, 0.25) is 0 Å². The van der Waals surface area contributed by atoms with Crippen molar-refractivity contribution in [1.29, 1.82) is 0 Å². The lowest BCUT2D eigenvalue weighted by Crippen LogP contribution is -2.53. The summed E-state index contributed by atoms with van der Waals surface area (Å²) in [6.07, 6.45) is -0.336. The first kappa shape index (κ1) is 15.5. The molecular weight excluding hydrogens is 280 g/mol. The SMILES string of the molecule is Cc1cccc(CN2CCOC(C(=O)N3CCOCC3)C2)c1. The molecule has 1 aromatic rings. The van der Waals surface area contributed by atoms with Crippen LogP contribution >= 0.6 is 0 Å². The second-order valence-electron chi connectivity index (χ2n) is 6.02. The lowest BCUT2D eigenvalue weighted by molar-refractivity contribution is -0.153. The molecule has 0 aromatic heterocycles. The molecule has 5 heteroatoms. The van der Waals surface area contributed by atoms with Crippen LogP contribution in [0, 0.1) is 6.92 Å². The summed E-state index contributed by atoms with van der Waals surface area (Å²) >= 11 is 0. The van der Waals surface area contributed by atoms with Gasteiger partial charge in [-0.2, -0.15) is 0 Å². The van der Waals surface area contributed by atoms with E-state index in [1.807, 2.05) is 4.90 Å². The number of nitrogens with zero attached hydrogens (tertiary/aromatic N) is 2. The van der Waals surface area contributed by atoms with Crippen molar-refractivity contribution in [2.75, 3.05) is 46.0 Å². The van der Waals surface area contributed by atoms with Crippen molar-refractivity contribution in [3.8, 4) is 0 Å². The van der Waals surface area contributed by atoms with Crippen LogP contribution in [0.4, 0.5) is 0 Å². The number of benzene rings is 1. The van der Waals surface area contributed by atoms with Crippen molar-refractivity contribution >= 4 is 5.91 Å². The fourth-order valence-corrected chi connectivity index (χ4v) is 3.05. The number of carbonyl (C=O) groups is 1. The summed E-state index contributed by atoms with van der Waals surface area (Å²) in [5, 5.41) is 0. The molecule has 2 aliphatic heterocycles. The van der Waals surface area contributed by atoms with Gasteiger partial charge >= 0.3 is 0 Å². The van der Waals surface area contributed by atoms with Gasteiger partial charge in [0, 0.05) is 32.7 Å². The Balaban J connectivity index is 1.57. The van der Waals surface area contributed by atoms with Crippen LogP contribution in [0.1, 0.15) is 11.1 Å². The predicted molar refractivity (Wildman–Crippen MR) is 83.6 cm³/mol. The first-order valence-corrected chi connectivity index (χ1v) is 7.98. The molecule has 2 fully saturated rings. The smallest absolute Gasteiger partial charge is 0.253 e. The number of amides is 1. The highest BCUT2D eigenvalue weighted by molar-refractivity contribution is 5.81. The Hall–Kier alpha value is -1.43. The normalized spacial score (nSPS) is 23.5. The van der Waals surface area contributed by atoms with E-state index < -0.39 is 0 Å². The number of aryl methyl sites for hydroxylation is 1. The Bertz CT molecular complexity index is 514. The third-order valence-electron chi connectivity index (χ3n) is 4.24. The summed E-state index contributed by atoms with van der Waals surface area (Å²) < 4.78 is 11.0. The van der Waals surface area contributed by atoms with E-state index in [1.54, 1.807) is 0 Å². The highest BCUT2D eigenvalue weighted by Crippen LogP contribution is 2.14. The lowest BCUT2D eigenvalue weighted by Gasteiger charge is -2.36. The first-order chi connectivity index (χ1) is 10.7. The van der Waals surface area contributed by atoms with Gasteiger partial charge < -0.3 is 14.4 Å². The van der Waals surface area contributed by atoms with Gasteiger partial charge in [0.1, 0.15) is 6.10 Å². The number of rotatable bonds is 3. The standard InChI is InChI=1S/C17H24N2O3/c1-14-3-2-4-15(11-14)12-18-5-10-22-16(13-18)17(20)19-6-8-21-9-7-19/h2-4,11,16H,5-10,12-13H2,1H3. The number of carbonyl (C=O) groups excluding carboxylic acids is 1. The zero-order valence-electron chi connectivity index (χ0n) is 13.2. The molecule has 120 valence electrons. The number of hydrogen-bond acceptors (Lipinski definition) is 4. The summed E-state index contributed by atoms with van der Waals surface area (Å²) in [5.41, 5.74) is 2.56. The maximum absolute atomic E-state index is 12.5. The van der Waals surface area contributed by atoms with Gasteiger partial charge in [-0.15, -0.1) is 0 Å². The fraction of sp³-hybridized carbons (Fsp3) is 0.588. The molecule has 1 amide bonds. The van der Waals surface area contributed by atoms with Gasteiger partial charge in [0.05, 0.1) is 19.8 Å². The molecule has 1 unspecified atom stereocenters. The molecule has 2 heterocycles. The van der Waals surface area contributed by atoms with E-state index in [4.69, 9.17) is 9.47 Å². The molecule has 0 bridgehead atoms. The maximum Gasteiger partial charge on any atom is 0.253 e. The van der Waals surface area contributed by atoms with Crippen molar-refractivity contribution in [2.24, 2.45) is 0 Å². The van der Waals surface area contributed by atoms with E-state index in [9.17, 15) is 4.79 Å². The Morgan fingerprint density at radius 2 is 2.05 bits per heavy atom. The quantitative estimate of drug-likeness (QED) is 0.837. The van der Waals surface area contributed by atoms with Gasteiger partial charge in [-0.25, -0.2) is 0 Å². The summed E-state index contributed by atoms with van der Waals surface area (Å²) in [7, 11) is 0. The molecule has 1 atom stereocenters. The van der Waals surface area contributed by atoms with E-state index >= 15 is 0 Å². The fourth-order valence-electron chi connectivity index (χ4n) is 3.05. The second-order valence-corrected chi connectivity index (χ2v) is 6.02. The Morgan fingerprint density at radius 1 is 1.23 bits per heavy atom. The molecule has 0 spiro atoms. The molecule has 0 aliphatic carbocycles. The predicted octanol–water partition coefficient (Wildman–Crippen LogP) is 1.05. The highest BCUT2D eigenvalue weighted by Gasteiger charge is 2.30. The van der Waals surface area contributed by atoms with Crippen LogP contribution < -0.4 is 0 Å². The molecule has 2 aliphatic rings. The Morgan fingerprint density at radius 3 is 2.82 bits per heavy atom. The number of ether oxygens (including phenoxy) is 2. The summed E-state index contributed by atoms with van der Waals surface area (Å²) in [6, 6.07) is 8.53. The van der Waals surface area contributed by atoms with Gasteiger partial charge in [-0.05, 0) is 12.5 Å². The molecule has 5 nitrogen and oxygen atoms in total. The van der Waals surface area contributed by atoms with E-state index in [0.29, 0.717) is 39.5 Å². The highest BCUT2D eigenvalue weighted by atomic mass is 16.5. The zero-order chi connectivity index (χ0) is 15.4. The van der Waals surface area contributed by atoms with Crippen molar-refractivity contribution in [3.05, 3.63) is 35.4 Å². The molecular formula is C17H24N2O3. The molecule has 1 aromatic carbocycles. The van der Waals surface area contributed by atoms with Crippen LogP contribution in [-0.2, 0) is 20.8 Å². The third kappa shape index (κ3) is 3.85. The molecule has 2 saturated heterocycles. The van der Waals surface area contributed by atoms with Crippen molar-refractivity contribution in [3.63, 3.8) is 0 Å². The number of hydrogen-bond donors (Lipinski definition) is 0. The molecule has 22 heavy (non-hydrogen) atoms. The van der Waals surface area contributed by atoms with Crippen LogP contribution in [-0.4, -0.2) is 67.8 Å². The Labute approximate surface area is 131 Å². The second kappa shape index (κ2) is 7.22. The zero-order valence-corrected chi connectivity index (χ0v) is 13.2. The van der Waals surface area contributed by atoms with Gasteiger partial charge in [0.2, 0.25) is 0 Å². The average Bonchev–Trinajstić information content (AvgIpc) is 2.55. The van der Waals surface area contributed by atoms with E-state index in [-0.39, 0.29) is 12.0 Å². The van der Waals surface area contributed by atoms with Gasteiger partial charge in [-0.3, -0.25) is 9.69 Å². The van der Waals surface area contributed by atoms with E-state index in [2.05, 4.69) is 36.1 Å². The number of morpholine rings is 2. The van der Waals surface area contributed by atoms with Crippen molar-refractivity contribution < 1.29 is 14.3 Å². The average molecular weight is 304 g/mol. The van der Waals surface area contributed by atoms with Gasteiger partial charge in [0.15, 0.2) is 0 Å². The van der Waals surface area contributed by atoms with Crippen LogP contribution in [0.5, 0.6) is 0 Å². The minimum absolute atomic E-state index is 0.109. The first-order valence-electron chi connectivity index (χ1n) is 7.98. The molecule has 3 rings (SSSR count). The molecule has 0 radical (unpaired) electrons. The minimum Gasteiger partial charge on any atom is -0.378 e. The van der Waals surface area contributed by atoms with Gasteiger partial charge in [-0.1, -0.05) is 29.8 Å². The summed E-state index contributed by atoms with van der Waals surface area (Å²) in [5.74, 6) is 0.109. The topological polar surface area (TPSA) is 42.0 Å². The third-order valence-corrected chi connectivity index (χ3v) is 4.24. The van der Waals surface area contributed by atoms with Crippen LogP contribution in [0.3, 0.4) is 0 Å². The van der Waals surface area contributed by atoms with E-state index in [0.717, 1.165) is 13.1 Å². The summed E-state index contributed by atoms with van der Waals surface area (Å²) in [4.78, 5) is 16.7. The van der Waals surface area contributed by atoms with Crippen LogP contribution in [0.25, 0.3) is 0 Å². The largest absolute Gasteiger partial charge is 0.378 e. The lowest BCUT2D eigenvalue weighted by atomic mass is 10.1. The van der Waals surface area contributed by atoms with Crippen molar-refractivity contribution in [2.45, 2.75) is 19.6 Å². The minimum atomic E-state index is -0.336. The summed E-state index contributed by atoms with van der Waals surface area (Å²) in [6.45, 7) is 7.76. The Kier molecular flexibility index (Phi) is 5.08. The molecule has 0 N–H and O–H groups in total. The van der Waals surface area contributed by atoms with Crippen molar-refractivity contribution in [1.82, 2.24) is 9.80 Å². The van der Waals surface area contributed by atoms with E-state index in [1.165, 1.54) is 11.1 Å². The molecule has 0 saturated carbocycles. The van der Waals surface area contributed by atoms with Gasteiger partial charge in [0.25, 0.3) is 5.91 Å². The monoisotopic (exact) mass is 304 g/mol. The maximum atomic E-state index is 12.5. The van der Waals surface area contributed by atoms with Crippen LogP contribution in [0.15, 0.2) is 24.3 Å².